The Morgan fingerprint density at radius 2 is 1.81 bits per heavy atom. The van der Waals surface area contributed by atoms with Gasteiger partial charge in [0.25, 0.3) is 0 Å². The maximum absolute atomic E-state index is 5.72. The molecule has 0 aromatic heterocycles. The molecule has 2 heteroatoms. The number of nitrogens with one attached hydrogen (secondary N) is 1. The van der Waals surface area contributed by atoms with Crippen molar-refractivity contribution in [3.05, 3.63) is 35.4 Å². The van der Waals surface area contributed by atoms with Gasteiger partial charge in [0.2, 0.25) is 0 Å². The van der Waals surface area contributed by atoms with Crippen LogP contribution in [-0.4, -0.2) is 19.1 Å². The maximum atomic E-state index is 5.72. The van der Waals surface area contributed by atoms with E-state index in [1.165, 1.54) is 11.1 Å². The summed E-state index contributed by atoms with van der Waals surface area (Å²) in [5.41, 5.74) is 8.55. The van der Waals surface area contributed by atoms with Gasteiger partial charge in [-0.2, -0.15) is 0 Å². The van der Waals surface area contributed by atoms with Gasteiger partial charge in [0, 0.05) is 24.5 Å². The molecule has 16 heavy (non-hydrogen) atoms. The van der Waals surface area contributed by atoms with Crippen molar-refractivity contribution in [3.8, 4) is 0 Å². The van der Waals surface area contributed by atoms with Crippen LogP contribution in [0.5, 0.6) is 0 Å². The molecular formula is C14H24N2. The smallest absolute Gasteiger partial charge is 0.0136 e. The molecule has 1 aromatic rings. The number of rotatable bonds is 5. The fraction of sp³-hybridized carbons (Fsp3) is 0.571. The molecule has 0 saturated heterocycles. The van der Waals surface area contributed by atoms with Crippen molar-refractivity contribution in [3.63, 3.8) is 0 Å². The van der Waals surface area contributed by atoms with Crippen molar-refractivity contribution in [2.45, 2.75) is 39.2 Å². The SMILES string of the molecule is Cc1ccc(C(C)(C)CNCC(C)N)cc1. The molecule has 0 saturated carbocycles. The molecule has 0 aliphatic heterocycles. The van der Waals surface area contributed by atoms with Crippen LogP contribution in [-0.2, 0) is 5.41 Å². The largest absolute Gasteiger partial charge is 0.327 e. The molecule has 0 spiro atoms. The summed E-state index contributed by atoms with van der Waals surface area (Å²) in [6.45, 7) is 10.5. The van der Waals surface area contributed by atoms with E-state index in [0.29, 0.717) is 0 Å². The minimum absolute atomic E-state index is 0.155. The van der Waals surface area contributed by atoms with Gasteiger partial charge in [-0.1, -0.05) is 43.7 Å². The van der Waals surface area contributed by atoms with Crippen LogP contribution < -0.4 is 11.1 Å². The summed E-state index contributed by atoms with van der Waals surface area (Å²) >= 11 is 0. The van der Waals surface area contributed by atoms with E-state index in [9.17, 15) is 0 Å². The lowest BCUT2D eigenvalue weighted by Crippen LogP contribution is -2.38. The Morgan fingerprint density at radius 3 is 2.31 bits per heavy atom. The zero-order valence-corrected chi connectivity index (χ0v) is 10.9. The van der Waals surface area contributed by atoms with Gasteiger partial charge in [0.15, 0.2) is 0 Å². The Labute approximate surface area is 99.2 Å². The van der Waals surface area contributed by atoms with E-state index in [1.807, 2.05) is 6.92 Å². The van der Waals surface area contributed by atoms with Crippen molar-refractivity contribution in [1.29, 1.82) is 0 Å². The first-order valence-electron chi connectivity index (χ1n) is 5.95. The molecular weight excluding hydrogens is 196 g/mol. The van der Waals surface area contributed by atoms with Gasteiger partial charge in [0.1, 0.15) is 0 Å². The highest BCUT2D eigenvalue weighted by Gasteiger charge is 2.19. The van der Waals surface area contributed by atoms with E-state index in [4.69, 9.17) is 5.73 Å². The maximum Gasteiger partial charge on any atom is 0.0136 e. The number of hydrogen-bond donors (Lipinski definition) is 2. The fourth-order valence-electron chi connectivity index (χ4n) is 1.72. The average Bonchev–Trinajstić information content (AvgIpc) is 2.17. The van der Waals surface area contributed by atoms with Gasteiger partial charge in [-0.3, -0.25) is 0 Å². The Bertz CT molecular complexity index is 312. The number of hydrogen-bond acceptors (Lipinski definition) is 2. The number of nitrogens with two attached hydrogens (primary N) is 1. The van der Waals surface area contributed by atoms with Crippen molar-refractivity contribution < 1.29 is 0 Å². The number of aryl methyl sites for hydroxylation is 1. The van der Waals surface area contributed by atoms with Gasteiger partial charge in [-0.25, -0.2) is 0 Å². The van der Waals surface area contributed by atoms with Crippen LogP contribution in [0.3, 0.4) is 0 Å². The molecule has 0 radical (unpaired) electrons. The molecule has 0 fully saturated rings. The van der Waals surface area contributed by atoms with E-state index >= 15 is 0 Å². The summed E-state index contributed by atoms with van der Waals surface area (Å²) in [5.74, 6) is 0. The molecule has 3 N–H and O–H groups in total. The van der Waals surface area contributed by atoms with Gasteiger partial charge >= 0.3 is 0 Å². The van der Waals surface area contributed by atoms with E-state index in [0.717, 1.165) is 13.1 Å². The summed E-state index contributed by atoms with van der Waals surface area (Å²) in [5, 5.41) is 3.41. The lowest BCUT2D eigenvalue weighted by molar-refractivity contribution is 0.458. The van der Waals surface area contributed by atoms with Crippen LogP contribution in [0.1, 0.15) is 31.9 Å². The molecule has 0 amide bonds. The summed E-state index contributed by atoms with van der Waals surface area (Å²) in [6.07, 6.45) is 0. The fourth-order valence-corrected chi connectivity index (χ4v) is 1.72. The molecule has 0 bridgehead atoms. The monoisotopic (exact) mass is 220 g/mol. The Hall–Kier alpha value is -0.860. The summed E-state index contributed by atoms with van der Waals surface area (Å²) in [6, 6.07) is 8.98. The van der Waals surface area contributed by atoms with Crippen molar-refractivity contribution in [2.24, 2.45) is 5.73 Å². The molecule has 0 heterocycles. The third-order valence-corrected chi connectivity index (χ3v) is 2.87. The van der Waals surface area contributed by atoms with Crippen LogP contribution in [0.15, 0.2) is 24.3 Å². The quantitative estimate of drug-likeness (QED) is 0.798. The standard InChI is InChI=1S/C14H24N2/c1-11-5-7-13(8-6-11)14(3,4)10-16-9-12(2)15/h5-8,12,16H,9-10,15H2,1-4H3. The first-order valence-corrected chi connectivity index (χ1v) is 5.95. The molecule has 90 valence electrons. The molecule has 1 aromatic carbocycles. The van der Waals surface area contributed by atoms with Gasteiger partial charge in [-0.15, -0.1) is 0 Å². The van der Waals surface area contributed by atoms with E-state index in [1.54, 1.807) is 0 Å². The average molecular weight is 220 g/mol. The minimum Gasteiger partial charge on any atom is -0.327 e. The lowest BCUT2D eigenvalue weighted by atomic mass is 9.84. The summed E-state index contributed by atoms with van der Waals surface area (Å²) in [4.78, 5) is 0. The second-order valence-electron chi connectivity index (χ2n) is 5.36. The van der Waals surface area contributed by atoms with Crippen LogP contribution in [0.25, 0.3) is 0 Å². The van der Waals surface area contributed by atoms with Gasteiger partial charge in [0.05, 0.1) is 0 Å². The first kappa shape index (κ1) is 13.2. The van der Waals surface area contributed by atoms with Gasteiger partial charge < -0.3 is 11.1 Å². The highest BCUT2D eigenvalue weighted by atomic mass is 14.9. The Balaban J connectivity index is 2.59. The Kier molecular flexibility index (Phi) is 4.51. The predicted octanol–water partition coefficient (Wildman–Crippen LogP) is 2.21. The van der Waals surface area contributed by atoms with E-state index in [-0.39, 0.29) is 11.5 Å². The lowest BCUT2D eigenvalue weighted by Gasteiger charge is -2.26. The van der Waals surface area contributed by atoms with Crippen LogP contribution in [0.2, 0.25) is 0 Å². The topological polar surface area (TPSA) is 38.0 Å². The van der Waals surface area contributed by atoms with E-state index in [2.05, 4.69) is 50.4 Å². The van der Waals surface area contributed by atoms with Gasteiger partial charge in [-0.05, 0) is 19.4 Å². The highest BCUT2D eigenvalue weighted by Crippen LogP contribution is 2.22. The summed E-state index contributed by atoms with van der Waals surface area (Å²) < 4.78 is 0. The minimum atomic E-state index is 0.155. The molecule has 1 rings (SSSR count). The first-order chi connectivity index (χ1) is 7.42. The zero-order valence-electron chi connectivity index (χ0n) is 10.9. The third-order valence-electron chi connectivity index (χ3n) is 2.87. The molecule has 0 aliphatic rings. The molecule has 1 atom stereocenters. The van der Waals surface area contributed by atoms with Crippen molar-refractivity contribution in [1.82, 2.24) is 5.32 Å². The number of benzene rings is 1. The Morgan fingerprint density at radius 1 is 1.25 bits per heavy atom. The second kappa shape index (κ2) is 5.46. The normalized spacial score (nSPS) is 13.8. The van der Waals surface area contributed by atoms with Crippen LogP contribution in [0, 0.1) is 6.92 Å². The highest BCUT2D eigenvalue weighted by molar-refractivity contribution is 5.27. The van der Waals surface area contributed by atoms with E-state index < -0.39 is 0 Å². The zero-order chi connectivity index (χ0) is 12.2. The van der Waals surface area contributed by atoms with Crippen LogP contribution >= 0.6 is 0 Å². The van der Waals surface area contributed by atoms with Crippen LogP contribution in [0.4, 0.5) is 0 Å². The predicted molar refractivity (Wildman–Crippen MR) is 70.7 cm³/mol. The molecule has 2 nitrogen and oxygen atoms in total. The second-order valence-corrected chi connectivity index (χ2v) is 5.36. The molecule has 1 unspecified atom stereocenters. The van der Waals surface area contributed by atoms with Crippen molar-refractivity contribution in [2.75, 3.05) is 13.1 Å². The summed E-state index contributed by atoms with van der Waals surface area (Å²) in [7, 11) is 0. The third kappa shape index (κ3) is 3.95. The molecule has 0 aliphatic carbocycles. The van der Waals surface area contributed by atoms with Crippen molar-refractivity contribution >= 4 is 0 Å².